The van der Waals surface area contributed by atoms with Crippen molar-refractivity contribution in [1.29, 1.82) is 0 Å². The lowest BCUT2D eigenvalue weighted by molar-refractivity contribution is 0.103. The lowest BCUT2D eigenvalue weighted by Crippen LogP contribution is -2.11. The van der Waals surface area contributed by atoms with Gasteiger partial charge in [0.25, 0.3) is 0 Å². The van der Waals surface area contributed by atoms with Crippen molar-refractivity contribution in [3.05, 3.63) is 48.7 Å². The zero-order chi connectivity index (χ0) is 15.4. The van der Waals surface area contributed by atoms with Crippen molar-refractivity contribution >= 4 is 28.6 Å². The number of aromatic nitrogens is 2. The Bertz CT molecular complexity index is 784. The fourth-order valence-electron chi connectivity index (χ4n) is 2.11. The number of H-pyrrole nitrogens is 1. The molecule has 3 rings (SSSR count). The number of carbonyl (C=O) groups excluding carboxylic acids is 1. The van der Waals surface area contributed by atoms with E-state index in [4.69, 9.17) is 9.47 Å². The van der Waals surface area contributed by atoms with Crippen LogP contribution in [-0.4, -0.2) is 22.7 Å². The molecule has 3 aromatic rings. The van der Waals surface area contributed by atoms with Crippen molar-refractivity contribution in [3.63, 3.8) is 0 Å². The number of fused-ring (bicyclic) bond motifs is 1. The van der Waals surface area contributed by atoms with Gasteiger partial charge in [-0.2, -0.15) is 0 Å². The van der Waals surface area contributed by atoms with E-state index in [1.54, 1.807) is 13.1 Å². The van der Waals surface area contributed by atoms with Gasteiger partial charge in [-0.1, -0.05) is 24.3 Å². The van der Waals surface area contributed by atoms with E-state index < -0.39 is 6.16 Å². The van der Waals surface area contributed by atoms with Crippen molar-refractivity contribution in [2.75, 3.05) is 11.9 Å². The smallest absolute Gasteiger partial charge is 0.434 e. The summed E-state index contributed by atoms with van der Waals surface area (Å²) in [5.41, 5.74) is 1.49. The minimum absolute atomic E-state index is 0.252. The molecular formula is C16H15N3O3. The van der Waals surface area contributed by atoms with Gasteiger partial charge in [0, 0.05) is 11.6 Å². The van der Waals surface area contributed by atoms with Crippen LogP contribution in [0.4, 0.5) is 16.3 Å². The molecule has 0 spiro atoms. The van der Waals surface area contributed by atoms with Crippen LogP contribution in [-0.2, 0) is 4.74 Å². The second-order valence-corrected chi connectivity index (χ2v) is 4.50. The zero-order valence-corrected chi connectivity index (χ0v) is 12.0. The molecule has 2 N–H and O–H groups in total. The van der Waals surface area contributed by atoms with Gasteiger partial charge in [-0.05, 0) is 25.1 Å². The minimum Gasteiger partial charge on any atom is -0.434 e. The predicted octanol–water partition coefficient (Wildman–Crippen LogP) is 3.84. The number of para-hydroxylation sites is 1. The molecule has 1 aromatic carbocycles. The van der Waals surface area contributed by atoms with Gasteiger partial charge in [0.05, 0.1) is 12.1 Å². The SMILES string of the molecule is CCOC(=O)Oc1[nH]c2ccccc2c1Nc1ccccn1. The summed E-state index contributed by atoms with van der Waals surface area (Å²) in [5, 5.41) is 4.06. The standard InChI is InChI=1S/C16H15N3O3/c1-2-21-16(20)22-15-14(19-13-9-5-6-10-17-13)11-7-3-4-8-12(11)18-15/h3-10,18H,2H2,1H3,(H,17,19). The lowest BCUT2D eigenvalue weighted by atomic mass is 10.2. The molecule has 0 atom stereocenters. The molecule has 0 saturated heterocycles. The Morgan fingerprint density at radius 1 is 1.23 bits per heavy atom. The number of carbonyl (C=O) groups is 1. The maximum atomic E-state index is 11.6. The van der Waals surface area contributed by atoms with Gasteiger partial charge in [-0.3, -0.25) is 0 Å². The fraction of sp³-hybridized carbons (Fsp3) is 0.125. The van der Waals surface area contributed by atoms with E-state index in [2.05, 4.69) is 15.3 Å². The Morgan fingerprint density at radius 3 is 2.82 bits per heavy atom. The fourth-order valence-corrected chi connectivity index (χ4v) is 2.11. The van der Waals surface area contributed by atoms with Crippen LogP contribution in [0.3, 0.4) is 0 Å². The maximum Gasteiger partial charge on any atom is 0.515 e. The molecule has 2 heterocycles. The van der Waals surface area contributed by atoms with Gasteiger partial charge in [-0.15, -0.1) is 0 Å². The number of rotatable bonds is 4. The first kappa shape index (κ1) is 13.9. The van der Waals surface area contributed by atoms with Crippen LogP contribution in [0, 0.1) is 0 Å². The van der Waals surface area contributed by atoms with Crippen molar-refractivity contribution in [3.8, 4) is 5.88 Å². The van der Waals surface area contributed by atoms with E-state index in [0.29, 0.717) is 17.4 Å². The van der Waals surface area contributed by atoms with Gasteiger partial charge >= 0.3 is 6.16 Å². The number of benzene rings is 1. The maximum absolute atomic E-state index is 11.6. The number of nitrogens with zero attached hydrogens (tertiary/aromatic N) is 1. The van der Waals surface area contributed by atoms with Crippen LogP contribution in [0.5, 0.6) is 5.88 Å². The number of ether oxygens (including phenoxy) is 2. The molecule has 0 aliphatic rings. The Morgan fingerprint density at radius 2 is 2.05 bits per heavy atom. The molecule has 0 saturated carbocycles. The van der Waals surface area contributed by atoms with E-state index in [0.717, 1.165) is 10.9 Å². The highest BCUT2D eigenvalue weighted by Crippen LogP contribution is 2.35. The van der Waals surface area contributed by atoms with Crippen LogP contribution >= 0.6 is 0 Å². The highest BCUT2D eigenvalue weighted by molar-refractivity contribution is 5.98. The molecule has 0 aliphatic carbocycles. The molecule has 6 nitrogen and oxygen atoms in total. The normalized spacial score (nSPS) is 10.4. The topological polar surface area (TPSA) is 76.2 Å². The number of nitrogens with one attached hydrogen (secondary N) is 2. The monoisotopic (exact) mass is 297 g/mol. The summed E-state index contributed by atoms with van der Waals surface area (Å²) in [6.07, 6.45) is 0.932. The van der Waals surface area contributed by atoms with Crippen molar-refractivity contribution in [2.24, 2.45) is 0 Å². The van der Waals surface area contributed by atoms with E-state index >= 15 is 0 Å². The number of hydrogen-bond acceptors (Lipinski definition) is 5. The quantitative estimate of drug-likeness (QED) is 0.715. The average molecular weight is 297 g/mol. The van der Waals surface area contributed by atoms with Crippen LogP contribution in [0.1, 0.15) is 6.92 Å². The third-order valence-electron chi connectivity index (χ3n) is 3.04. The van der Waals surface area contributed by atoms with E-state index in [9.17, 15) is 4.79 Å². The Hall–Kier alpha value is -3.02. The molecule has 22 heavy (non-hydrogen) atoms. The first-order valence-corrected chi connectivity index (χ1v) is 6.91. The van der Waals surface area contributed by atoms with Crippen molar-refractivity contribution in [1.82, 2.24) is 9.97 Å². The Labute approximate surface area is 127 Å². The summed E-state index contributed by atoms with van der Waals surface area (Å²) < 4.78 is 10.1. The highest BCUT2D eigenvalue weighted by Gasteiger charge is 2.16. The van der Waals surface area contributed by atoms with Crippen LogP contribution < -0.4 is 10.1 Å². The van der Waals surface area contributed by atoms with Gasteiger partial charge in [-0.25, -0.2) is 9.78 Å². The van der Waals surface area contributed by atoms with E-state index in [1.165, 1.54) is 0 Å². The Balaban J connectivity index is 1.99. The Kier molecular flexibility index (Phi) is 3.91. The van der Waals surface area contributed by atoms with E-state index in [-0.39, 0.29) is 6.61 Å². The second-order valence-electron chi connectivity index (χ2n) is 4.50. The summed E-state index contributed by atoms with van der Waals surface area (Å²) in [6.45, 7) is 1.97. The van der Waals surface area contributed by atoms with Crippen molar-refractivity contribution in [2.45, 2.75) is 6.92 Å². The first-order valence-electron chi connectivity index (χ1n) is 6.91. The molecule has 6 heteroatoms. The molecular weight excluding hydrogens is 282 g/mol. The molecule has 2 aromatic heterocycles. The summed E-state index contributed by atoms with van der Waals surface area (Å²) in [6, 6.07) is 13.2. The van der Waals surface area contributed by atoms with Gasteiger partial charge in [0.2, 0.25) is 5.88 Å². The van der Waals surface area contributed by atoms with E-state index in [1.807, 2.05) is 42.5 Å². The predicted molar refractivity (Wildman–Crippen MR) is 83.5 cm³/mol. The number of aromatic amines is 1. The van der Waals surface area contributed by atoms with Gasteiger partial charge in [0.1, 0.15) is 11.5 Å². The molecule has 0 bridgehead atoms. The largest absolute Gasteiger partial charge is 0.515 e. The number of pyridine rings is 1. The third-order valence-corrected chi connectivity index (χ3v) is 3.04. The molecule has 0 fully saturated rings. The summed E-state index contributed by atoms with van der Waals surface area (Å²) in [5.74, 6) is 0.950. The summed E-state index contributed by atoms with van der Waals surface area (Å²) >= 11 is 0. The number of anilines is 2. The lowest BCUT2D eigenvalue weighted by Gasteiger charge is -2.07. The van der Waals surface area contributed by atoms with Gasteiger partial charge in [0.15, 0.2) is 0 Å². The molecule has 0 amide bonds. The van der Waals surface area contributed by atoms with Crippen LogP contribution in [0.25, 0.3) is 10.9 Å². The second kappa shape index (κ2) is 6.17. The van der Waals surface area contributed by atoms with Crippen LogP contribution in [0.15, 0.2) is 48.7 Å². The zero-order valence-electron chi connectivity index (χ0n) is 12.0. The summed E-state index contributed by atoms with van der Waals surface area (Å²) in [7, 11) is 0. The molecule has 0 radical (unpaired) electrons. The first-order chi connectivity index (χ1) is 10.8. The highest BCUT2D eigenvalue weighted by atomic mass is 16.7. The molecule has 0 unspecified atom stereocenters. The van der Waals surface area contributed by atoms with Gasteiger partial charge < -0.3 is 19.8 Å². The third kappa shape index (κ3) is 2.85. The average Bonchev–Trinajstić information content (AvgIpc) is 2.86. The van der Waals surface area contributed by atoms with Crippen molar-refractivity contribution < 1.29 is 14.3 Å². The van der Waals surface area contributed by atoms with Crippen LogP contribution in [0.2, 0.25) is 0 Å². The molecule has 112 valence electrons. The number of hydrogen-bond donors (Lipinski definition) is 2. The summed E-state index contributed by atoms with van der Waals surface area (Å²) in [4.78, 5) is 18.9. The minimum atomic E-state index is -0.752. The molecule has 0 aliphatic heterocycles.